The molecule has 29 heavy (non-hydrogen) atoms. The molecule has 1 atom stereocenters. The van der Waals surface area contributed by atoms with Crippen LogP contribution in [0.15, 0.2) is 48.5 Å². The Morgan fingerprint density at radius 2 is 2.00 bits per heavy atom. The molecule has 150 valence electrons. The van der Waals surface area contributed by atoms with E-state index in [9.17, 15) is 14.4 Å². The minimum atomic E-state index is -0.510. The summed E-state index contributed by atoms with van der Waals surface area (Å²) in [5.74, 6) is -0.0304. The first-order valence-corrected chi connectivity index (χ1v) is 9.82. The predicted molar refractivity (Wildman–Crippen MR) is 109 cm³/mol. The molecule has 7 heteroatoms. The summed E-state index contributed by atoms with van der Waals surface area (Å²) in [6, 6.07) is 13.6. The van der Waals surface area contributed by atoms with Crippen LogP contribution in [0.5, 0.6) is 5.75 Å². The summed E-state index contributed by atoms with van der Waals surface area (Å²) in [7, 11) is 0. The molecule has 0 radical (unpaired) electrons. The molecule has 0 spiro atoms. The van der Waals surface area contributed by atoms with Crippen LogP contribution in [0.1, 0.15) is 30.1 Å². The number of ether oxygens (including phenoxy) is 1. The maximum absolute atomic E-state index is 13.2. The standard InChI is InChI=1S/C22H23N3O4/c1-2-29-16-8-5-7-15(13-16)23-20(26)14-25-18-10-4-3-9-17(18)21(27)24-12-6-11-19(24)22(25)28/h3-5,7-10,13,19H,2,6,11-12,14H2,1H3,(H,23,26)/t19-/m0/s1. The molecule has 2 aliphatic rings. The Kier molecular flexibility index (Phi) is 5.20. The van der Waals surface area contributed by atoms with Crippen LogP contribution < -0.4 is 15.0 Å². The molecule has 3 amide bonds. The van der Waals surface area contributed by atoms with E-state index in [0.717, 1.165) is 6.42 Å². The zero-order chi connectivity index (χ0) is 20.4. The molecule has 0 aromatic heterocycles. The fourth-order valence-corrected chi connectivity index (χ4v) is 3.95. The van der Waals surface area contributed by atoms with E-state index in [0.29, 0.717) is 42.3 Å². The van der Waals surface area contributed by atoms with Crippen molar-refractivity contribution in [2.45, 2.75) is 25.8 Å². The van der Waals surface area contributed by atoms with Gasteiger partial charge < -0.3 is 19.9 Å². The Hall–Kier alpha value is -3.35. The lowest BCUT2D eigenvalue weighted by Crippen LogP contribution is -2.47. The van der Waals surface area contributed by atoms with Gasteiger partial charge in [-0.1, -0.05) is 18.2 Å². The molecule has 1 N–H and O–H groups in total. The van der Waals surface area contributed by atoms with Crippen molar-refractivity contribution in [2.24, 2.45) is 0 Å². The average molecular weight is 393 g/mol. The number of benzene rings is 2. The van der Waals surface area contributed by atoms with Crippen LogP contribution in [0.3, 0.4) is 0 Å². The van der Waals surface area contributed by atoms with Crippen molar-refractivity contribution in [3.05, 3.63) is 54.1 Å². The summed E-state index contributed by atoms with van der Waals surface area (Å²) < 4.78 is 5.46. The minimum Gasteiger partial charge on any atom is -0.494 e. The van der Waals surface area contributed by atoms with Crippen LogP contribution >= 0.6 is 0 Å². The Morgan fingerprint density at radius 3 is 2.83 bits per heavy atom. The van der Waals surface area contributed by atoms with Gasteiger partial charge >= 0.3 is 0 Å². The third kappa shape index (κ3) is 3.68. The summed E-state index contributed by atoms with van der Waals surface area (Å²) in [5.41, 5.74) is 1.53. The summed E-state index contributed by atoms with van der Waals surface area (Å²) >= 11 is 0. The Balaban J connectivity index is 1.59. The van der Waals surface area contributed by atoms with Crippen LogP contribution in [0.25, 0.3) is 0 Å². The number of anilines is 2. The molecule has 2 aromatic rings. The van der Waals surface area contributed by atoms with Crippen LogP contribution in [-0.2, 0) is 9.59 Å². The lowest BCUT2D eigenvalue weighted by atomic mass is 10.1. The van der Waals surface area contributed by atoms with E-state index in [1.165, 1.54) is 4.90 Å². The minimum absolute atomic E-state index is 0.149. The number of hydrogen-bond acceptors (Lipinski definition) is 4. The first-order chi connectivity index (χ1) is 14.1. The summed E-state index contributed by atoms with van der Waals surface area (Å²) in [5, 5.41) is 2.82. The van der Waals surface area contributed by atoms with Gasteiger partial charge in [-0.25, -0.2) is 0 Å². The van der Waals surface area contributed by atoms with E-state index in [4.69, 9.17) is 4.74 Å². The van der Waals surface area contributed by atoms with E-state index in [-0.39, 0.29) is 24.3 Å². The predicted octanol–water partition coefficient (Wildman–Crippen LogP) is 2.68. The highest BCUT2D eigenvalue weighted by atomic mass is 16.5. The van der Waals surface area contributed by atoms with Crippen molar-refractivity contribution in [3.63, 3.8) is 0 Å². The molecular weight excluding hydrogens is 370 g/mol. The van der Waals surface area contributed by atoms with Gasteiger partial charge in [-0.3, -0.25) is 14.4 Å². The van der Waals surface area contributed by atoms with Crippen LogP contribution in [-0.4, -0.2) is 48.4 Å². The van der Waals surface area contributed by atoms with Gasteiger partial charge in [0.1, 0.15) is 18.3 Å². The molecule has 0 unspecified atom stereocenters. The number of fused-ring (bicyclic) bond motifs is 2. The second-order valence-corrected chi connectivity index (χ2v) is 7.11. The third-order valence-electron chi connectivity index (χ3n) is 5.22. The van der Waals surface area contributed by atoms with Crippen molar-refractivity contribution in [1.29, 1.82) is 0 Å². The topological polar surface area (TPSA) is 79.0 Å². The highest BCUT2D eigenvalue weighted by molar-refractivity contribution is 6.13. The SMILES string of the molecule is CCOc1cccc(NC(=O)CN2C(=O)[C@@H]3CCCN3C(=O)c3ccccc32)c1. The second-order valence-electron chi connectivity index (χ2n) is 7.11. The van der Waals surface area contributed by atoms with Crippen molar-refractivity contribution in [1.82, 2.24) is 4.90 Å². The molecule has 4 rings (SSSR count). The number of rotatable bonds is 5. The monoisotopic (exact) mass is 393 g/mol. The molecule has 2 heterocycles. The zero-order valence-electron chi connectivity index (χ0n) is 16.3. The average Bonchev–Trinajstić information content (AvgIpc) is 3.19. The Labute approximate surface area is 169 Å². The van der Waals surface area contributed by atoms with E-state index in [2.05, 4.69) is 5.32 Å². The van der Waals surface area contributed by atoms with Crippen LogP contribution in [0, 0.1) is 0 Å². The smallest absolute Gasteiger partial charge is 0.256 e. The van der Waals surface area contributed by atoms with Gasteiger partial charge in [-0.2, -0.15) is 0 Å². The van der Waals surface area contributed by atoms with Gasteiger partial charge in [0.2, 0.25) is 11.8 Å². The number of carbonyl (C=O) groups excluding carboxylic acids is 3. The number of para-hydroxylation sites is 1. The largest absolute Gasteiger partial charge is 0.494 e. The Bertz CT molecular complexity index is 959. The number of amides is 3. The molecule has 0 saturated carbocycles. The van der Waals surface area contributed by atoms with Crippen LogP contribution in [0.2, 0.25) is 0 Å². The number of hydrogen-bond donors (Lipinski definition) is 1. The number of nitrogens with zero attached hydrogens (tertiary/aromatic N) is 2. The van der Waals surface area contributed by atoms with Crippen molar-refractivity contribution >= 4 is 29.1 Å². The van der Waals surface area contributed by atoms with Gasteiger partial charge in [-0.15, -0.1) is 0 Å². The summed E-state index contributed by atoms with van der Waals surface area (Å²) in [6.07, 6.45) is 1.40. The van der Waals surface area contributed by atoms with E-state index >= 15 is 0 Å². The van der Waals surface area contributed by atoms with Gasteiger partial charge in [0.25, 0.3) is 5.91 Å². The van der Waals surface area contributed by atoms with E-state index < -0.39 is 6.04 Å². The van der Waals surface area contributed by atoms with Gasteiger partial charge in [-0.05, 0) is 44.0 Å². The van der Waals surface area contributed by atoms with Crippen molar-refractivity contribution < 1.29 is 19.1 Å². The van der Waals surface area contributed by atoms with Crippen LogP contribution in [0.4, 0.5) is 11.4 Å². The lowest BCUT2D eigenvalue weighted by molar-refractivity contribution is -0.124. The normalized spacial score (nSPS) is 18.2. The first kappa shape index (κ1) is 19.0. The molecule has 1 fully saturated rings. The molecule has 0 bridgehead atoms. The molecule has 7 nitrogen and oxygen atoms in total. The highest BCUT2D eigenvalue weighted by Gasteiger charge is 2.42. The first-order valence-electron chi connectivity index (χ1n) is 9.82. The third-order valence-corrected chi connectivity index (χ3v) is 5.22. The van der Waals surface area contributed by atoms with Gasteiger partial charge in [0.15, 0.2) is 0 Å². The summed E-state index contributed by atoms with van der Waals surface area (Å²) in [6.45, 7) is 2.82. The molecular formula is C22H23N3O4. The second kappa shape index (κ2) is 7.95. The van der Waals surface area contributed by atoms with Crippen molar-refractivity contribution in [2.75, 3.05) is 29.9 Å². The zero-order valence-corrected chi connectivity index (χ0v) is 16.3. The van der Waals surface area contributed by atoms with E-state index in [1.807, 2.05) is 13.0 Å². The molecule has 2 aromatic carbocycles. The molecule has 2 aliphatic heterocycles. The fraction of sp³-hybridized carbons (Fsp3) is 0.318. The quantitative estimate of drug-likeness (QED) is 0.847. The van der Waals surface area contributed by atoms with Gasteiger partial charge in [0, 0.05) is 18.3 Å². The molecule has 0 aliphatic carbocycles. The molecule has 1 saturated heterocycles. The lowest BCUT2D eigenvalue weighted by Gasteiger charge is -2.25. The van der Waals surface area contributed by atoms with Gasteiger partial charge in [0.05, 0.1) is 17.9 Å². The maximum Gasteiger partial charge on any atom is 0.256 e. The number of carbonyl (C=O) groups is 3. The maximum atomic E-state index is 13.2. The number of nitrogens with one attached hydrogen (secondary N) is 1. The summed E-state index contributed by atoms with van der Waals surface area (Å²) in [4.78, 5) is 41.9. The highest BCUT2D eigenvalue weighted by Crippen LogP contribution is 2.32. The fourth-order valence-electron chi connectivity index (χ4n) is 3.95. The van der Waals surface area contributed by atoms with Crippen molar-refractivity contribution in [3.8, 4) is 5.75 Å². The van der Waals surface area contributed by atoms with E-state index in [1.54, 1.807) is 47.4 Å². The Morgan fingerprint density at radius 1 is 1.17 bits per heavy atom.